The number of fused-ring (bicyclic) bond motifs is 1. The fraction of sp³-hybridized carbons (Fsp3) is 0.346. The van der Waals surface area contributed by atoms with E-state index in [0.29, 0.717) is 48.4 Å². The van der Waals surface area contributed by atoms with E-state index in [1.165, 1.54) is 0 Å². The molecule has 38 heavy (non-hydrogen) atoms. The van der Waals surface area contributed by atoms with E-state index in [-0.39, 0.29) is 11.5 Å². The van der Waals surface area contributed by atoms with Crippen molar-refractivity contribution in [1.82, 2.24) is 24.4 Å². The number of aryl methyl sites for hydroxylation is 1. The number of nitrogen functional groups attached to an aromatic ring is 1. The van der Waals surface area contributed by atoms with Crippen molar-refractivity contribution in [3.63, 3.8) is 0 Å². The number of likely N-dealkylation sites (N-methyl/N-ethyl adjacent to an activating group) is 1. The predicted octanol–water partition coefficient (Wildman–Crippen LogP) is 2.53. The zero-order chi connectivity index (χ0) is 26.9. The molecule has 3 N–H and O–H groups in total. The molecule has 4 aromatic rings. The molecule has 1 fully saturated rings. The molecule has 3 heterocycles. The second-order valence-corrected chi connectivity index (χ2v) is 11.7. The molecule has 1 aliphatic heterocycles. The van der Waals surface area contributed by atoms with Crippen LogP contribution in [0.1, 0.15) is 0 Å². The highest BCUT2D eigenvalue weighted by Crippen LogP contribution is 2.36. The van der Waals surface area contributed by atoms with Gasteiger partial charge >= 0.3 is 0 Å². The molecule has 0 spiro atoms. The number of sulfone groups is 1. The average Bonchev–Trinajstić information content (AvgIpc) is 3.25. The van der Waals surface area contributed by atoms with Crippen LogP contribution in [0.2, 0.25) is 0 Å². The van der Waals surface area contributed by atoms with Gasteiger partial charge in [-0.25, -0.2) is 23.4 Å². The van der Waals surface area contributed by atoms with E-state index in [0.717, 1.165) is 29.1 Å². The van der Waals surface area contributed by atoms with Crippen LogP contribution in [0.3, 0.4) is 0 Å². The molecule has 1 saturated heterocycles. The van der Waals surface area contributed by atoms with Crippen LogP contribution in [-0.2, 0) is 16.9 Å². The molecule has 0 saturated carbocycles. The molecule has 1 aliphatic rings. The Hall–Kier alpha value is -3.90. The molecule has 0 bridgehead atoms. The average molecular weight is 537 g/mol. The third-order valence-corrected chi connectivity index (χ3v) is 8.48. The Morgan fingerprint density at radius 3 is 2.63 bits per heavy atom. The van der Waals surface area contributed by atoms with Gasteiger partial charge in [-0.2, -0.15) is 0 Å². The van der Waals surface area contributed by atoms with Crippen molar-refractivity contribution in [1.29, 1.82) is 0 Å². The number of hydrogen-bond donors (Lipinski definition) is 2. The molecular formula is C26H32N8O3S. The minimum absolute atomic E-state index is 0.215. The quantitative estimate of drug-likeness (QED) is 0.324. The van der Waals surface area contributed by atoms with Gasteiger partial charge in [0.2, 0.25) is 5.95 Å². The largest absolute Gasteiger partial charge is 0.494 e. The first-order valence-electron chi connectivity index (χ1n) is 12.4. The monoisotopic (exact) mass is 536 g/mol. The number of hydrogen-bond acceptors (Lipinski definition) is 10. The van der Waals surface area contributed by atoms with Gasteiger partial charge in [0.15, 0.2) is 15.7 Å². The molecule has 200 valence electrons. The van der Waals surface area contributed by atoms with Crippen LogP contribution in [0.25, 0.3) is 22.6 Å². The standard InChI is InChI=1S/C26H32N8O3S/c1-32(10-11-34-12-14-38(35,36)15-13-34)23-17-24(37-3)21(16-18(23)27)31-26-28-9-8-20(30-26)25-29-19-6-4-5-7-22(19)33(25)2/h4-9,16-17H,10-15,27H2,1-3H3,(H,28,30,31). The Labute approximate surface area is 222 Å². The lowest BCUT2D eigenvalue weighted by Gasteiger charge is -2.30. The van der Waals surface area contributed by atoms with E-state index in [1.54, 1.807) is 13.3 Å². The summed E-state index contributed by atoms with van der Waals surface area (Å²) in [5.74, 6) is 2.17. The molecule has 0 aliphatic carbocycles. The first-order chi connectivity index (χ1) is 18.2. The van der Waals surface area contributed by atoms with Crippen LogP contribution in [0.4, 0.5) is 23.0 Å². The number of para-hydroxylation sites is 2. The van der Waals surface area contributed by atoms with Gasteiger partial charge in [0.1, 0.15) is 11.4 Å². The zero-order valence-corrected chi connectivity index (χ0v) is 22.6. The van der Waals surface area contributed by atoms with Gasteiger partial charge in [0, 0.05) is 52.5 Å². The van der Waals surface area contributed by atoms with Crippen molar-refractivity contribution in [2.45, 2.75) is 0 Å². The van der Waals surface area contributed by atoms with E-state index in [1.807, 2.05) is 66.0 Å². The third kappa shape index (κ3) is 5.36. The van der Waals surface area contributed by atoms with Crippen LogP contribution in [-0.4, -0.2) is 84.7 Å². The number of nitrogens with two attached hydrogens (primary N) is 1. The van der Waals surface area contributed by atoms with Gasteiger partial charge in [-0.3, -0.25) is 4.90 Å². The van der Waals surface area contributed by atoms with Crippen molar-refractivity contribution in [3.05, 3.63) is 48.7 Å². The summed E-state index contributed by atoms with van der Waals surface area (Å²) in [6.07, 6.45) is 1.69. The summed E-state index contributed by atoms with van der Waals surface area (Å²) < 4.78 is 31.0. The zero-order valence-electron chi connectivity index (χ0n) is 21.8. The minimum atomic E-state index is -2.89. The molecule has 11 nitrogen and oxygen atoms in total. The number of methoxy groups -OCH3 is 1. The molecule has 2 aromatic carbocycles. The Kier molecular flexibility index (Phi) is 7.09. The highest BCUT2D eigenvalue weighted by Gasteiger charge is 2.22. The predicted molar refractivity (Wildman–Crippen MR) is 151 cm³/mol. The lowest BCUT2D eigenvalue weighted by atomic mass is 10.2. The summed E-state index contributed by atoms with van der Waals surface area (Å²) >= 11 is 0. The summed E-state index contributed by atoms with van der Waals surface area (Å²) in [4.78, 5) is 18.0. The molecule has 12 heteroatoms. The summed E-state index contributed by atoms with van der Waals surface area (Å²) in [5.41, 5.74) is 11.1. The Morgan fingerprint density at radius 2 is 1.89 bits per heavy atom. The highest BCUT2D eigenvalue weighted by molar-refractivity contribution is 7.91. The molecule has 0 atom stereocenters. The van der Waals surface area contributed by atoms with Crippen molar-refractivity contribution in [2.24, 2.45) is 7.05 Å². The van der Waals surface area contributed by atoms with Gasteiger partial charge in [-0.1, -0.05) is 12.1 Å². The Morgan fingerprint density at radius 1 is 1.13 bits per heavy atom. The number of nitrogens with one attached hydrogen (secondary N) is 1. The first kappa shape index (κ1) is 25.7. The van der Waals surface area contributed by atoms with Gasteiger partial charge in [0.05, 0.1) is 46.7 Å². The second-order valence-electron chi connectivity index (χ2n) is 9.40. The molecule has 0 amide bonds. The van der Waals surface area contributed by atoms with E-state index in [2.05, 4.69) is 20.2 Å². The molecule has 0 unspecified atom stereocenters. The maximum absolute atomic E-state index is 11.7. The summed E-state index contributed by atoms with van der Waals surface area (Å²) in [7, 11) is 2.63. The van der Waals surface area contributed by atoms with Crippen LogP contribution < -0.4 is 20.7 Å². The number of aromatic nitrogens is 4. The fourth-order valence-corrected chi connectivity index (χ4v) is 5.88. The number of imidazole rings is 1. The molecule has 5 rings (SSSR count). The smallest absolute Gasteiger partial charge is 0.227 e. The van der Waals surface area contributed by atoms with Gasteiger partial charge < -0.3 is 25.3 Å². The topological polar surface area (TPSA) is 132 Å². The highest BCUT2D eigenvalue weighted by atomic mass is 32.2. The number of rotatable bonds is 8. The SMILES string of the molecule is COc1cc(N(C)CCN2CCS(=O)(=O)CC2)c(N)cc1Nc1nccc(-c2nc3ccccc3n2C)n1. The van der Waals surface area contributed by atoms with Crippen LogP contribution in [0.5, 0.6) is 5.75 Å². The maximum atomic E-state index is 11.7. The summed E-state index contributed by atoms with van der Waals surface area (Å²) in [6, 6.07) is 13.5. The van der Waals surface area contributed by atoms with Crippen molar-refractivity contribution in [3.8, 4) is 17.3 Å². The number of ether oxygens (including phenoxy) is 1. The van der Waals surface area contributed by atoms with E-state index >= 15 is 0 Å². The molecule has 0 radical (unpaired) electrons. The summed E-state index contributed by atoms with van der Waals surface area (Å²) in [5, 5.41) is 3.24. The Balaban J connectivity index is 1.32. The van der Waals surface area contributed by atoms with Gasteiger partial charge in [0.25, 0.3) is 0 Å². The van der Waals surface area contributed by atoms with E-state index in [9.17, 15) is 8.42 Å². The second kappa shape index (κ2) is 10.5. The van der Waals surface area contributed by atoms with E-state index < -0.39 is 9.84 Å². The first-order valence-corrected chi connectivity index (χ1v) is 14.2. The van der Waals surface area contributed by atoms with Crippen LogP contribution in [0, 0.1) is 0 Å². The Bertz CT molecular complexity index is 1560. The van der Waals surface area contributed by atoms with Crippen molar-refractivity contribution < 1.29 is 13.2 Å². The number of benzene rings is 2. The van der Waals surface area contributed by atoms with E-state index in [4.69, 9.17) is 15.5 Å². The van der Waals surface area contributed by atoms with Gasteiger partial charge in [-0.05, 0) is 24.3 Å². The summed E-state index contributed by atoms with van der Waals surface area (Å²) in [6.45, 7) is 2.57. The van der Waals surface area contributed by atoms with Crippen molar-refractivity contribution in [2.75, 3.05) is 67.8 Å². The van der Waals surface area contributed by atoms with Crippen molar-refractivity contribution >= 4 is 43.9 Å². The minimum Gasteiger partial charge on any atom is -0.494 e. The molecular weight excluding hydrogens is 504 g/mol. The fourth-order valence-electron chi connectivity index (χ4n) is 4.61. The normalized spacial score (nSPS) is 15.4. The third-order valence-electron chi connectivity index (χ3n) is 6.87. The molecule has 2 aromatic heterocycles. The lowest BCUT2D eigenvalue weighted by molar-refractivity contribution is 0.302. The van der Waals surface area contributed by atoms with Gasteiger partial charge in [-0.15, -0.1) is 0 Å². The number of nitrogens with zero attached hydrogens (tertiary/aromatic N) is 6. The number of anilines is 4. The lowest BCUT2D eigenvalue weighted by Crippen LogP contribution is -2.43. The van der Waals surface area contributed by atoms with Crippen LogP contribution >= 0.6 is 0 Å². The maximum Gasteiger partial charge on any atom is 0.227 e. The van der Waals surface area contributed by atoms with Crippen LogP contribution in [0.15, 0.2) is 48.7 Å².